The van der Waals surface area contributed by atoms with Crippen LogP contribution in [0.3, 0.4) is 0 Å². The van der Waals surface area contributed by atoms with E-state index in [0.717, 1.165) is 41.1 Å². The molecule has 178 valence electrons. The van der Waals surface area contributed by atoms with Crippen LogP contribution in [-0.4, -0.2) is 36.7 Å². The van der Waals surface area contributed by atoms with Crippen molar-refractivity contribution in [2.75, 3.05) is 6.61 Å². The Morgan fingerprint density at radius 1 is 1.06 bits per heavy atom. The molecular weight excluding hydrogens is 448 g/mol. The van der Waals surface area contributed by atoms with Crippen molar-refractivity contribution >= 4 is 0 Å². The molecule has 3 heterocycles. The van der Waals surface area contributed by atoms with Crippen LogP contribution in [0.1, 0.15) is 49.6 Å². The largest absolute Gasteiger partial charge is 0.394 e. The molecule has 0 spiro atoms. The van der Waals surface area contributed by atoms with Crippen LogP contribution in [0.5, 0.6) is 0 Å². The summed E-state index contributed by atoms with van der Waals surface area (Å²) in [5.74, 6) is -1.11. The molecule has 0 radical (unpaired) electrons. The average Bonchev–Trinajstić information content (AvgIpc) is 3.47. The SMILES string of the molecule is CC1(C)[C@H]2CC[C@]1(c1cccc(-c3cnn(CCO)c3)n1)c1nnc(-c3c(F)cccc3F)cc12. The molecule has 6 rings (SSSR count). The van der Waals surface area contributed by atoms with Crippen molar-refractivity contribution in [2.24, 2.45) is 5.41 Å². The fourth-order valence-corrected chi connectivity index (χ4v) is 6.31. The normalized spacial score (nSPS) is 21.9. The number of halogens is 2. The van der Waals surface area contributed by atoms with E-state index in [-0.39, 0.29) is 29.2 Å². The van der Waals surface area contributed by atoms with Gasteiger partial charge in [-0.25, -0.2) is 8.78 Å². The van der Waals surface area contributed by atoms with Crippen LogP contribution in [0.15, 0.2) is 54.9 Å². The number of pyridine rings is 1. The molecule has 0 amide bonds. The molecule has 2 atom stereocenters. The molecule has 1 aromatic carbocycles. The first-order chi connectivity index (χ1) is 16.9. The maximum Gasteiger partial charge on any atom is 0.135 e. The van der Waals surface area contributed by atoms with Gasteiger partial charge in [-0.2, -0.15) is 10.2 Å². The van der Waals surface area contributed by atoms with Crippen molar-refractivity contribution in [3.05, 3.63) is 83.4 Å². The molecule has 1 saturated carbocycles. The Labute approximate surface area is 201 Å². The highest BCUT2D eigenvalue weighted by atomic mass is 19.1. The van der Waals surface area contributed by atoms with E-state index in [1.165, 1.54) is 18.2 Å². The Bertz CT molecular complexity index is 1430. The summed E-state index contributed by atoms with van der Waals surface area (Å²) in [6.45, 7) is 4.89. The predicted molar refractivity (Wildman–Crippen MR) is 126 cm³/mol. The number of hydrogen-bond acceptors (Lipinski definition) is 5. The van der Waals surface area contributed by atoms with Gasteiger partial charge in [-0.15, -0.1) is 5.10 Å². The first-order valence-corrected chi connectivity index (χ1v) is 11.8. The Morgan fingerprint density at radius 3 is 2.60 bits per heavy atom. The second-order valence-electron chi connectivity index (χ2n) is 9.97. The summed E-state index contributed by atoms with van der Waals surface area (Å²) in [5, 5.41) is 22.4. The standard InChI is InChI=1S/C27H25F2N5O/c1-26(2)18-9-10-27(26,23-8-4-7-21(31-23)16-14-30-34(15-16)11-12-35)25-17(18)13-22(32-33-25)24-19(28)5-3-6-20(24)29/h3-8,13-15,18,35H,9-12H2,1-2H3/t18-,27-/m0/s1. The van der Waals surface area contributed by atoms with Crippen molar-refractivity contribution in [2.45, 2.75) is 44.6 Å². The van der Waals surface area contributed by atoms with Crippen molar-refractivity contribution in [1.29, 1.82) is 0 Å². The van der Waals surface area contributed by atoms with Crippen LogP contribution in [0.2, 0.25) is 0 Å². The molecule has 0 aliphatic heterocycles. The number of aliphatic hydroxyl groups excluding tert-OH is 1. The summed E-state index contributed by atoms with van der Waals surface area (Å²) in [4.78, 5) is 5.07. The predicted octanol–water partition coefficient (Wildman–Crippen LogP) is 4.88. The molecule has 0 saturated heterocycles. The minimum absolute atomic E-state index is 0.0154. The summed E-state index contributed by atoms with van der Waals surface area (Å²) in [7, 11) is 0. The molecule has 4 aromatic rings. The van der Waals surface area contributed by atoms with Gasteiger partial charge in [0.15, 0.2) is 0 Å². The van der Waals surface area contributed by atoms with Gasteiger partial charge in [-0.3, -0.25) is 9.67 Å². The third-order valence-electron chi connectivity index (χ3n) is 8.05. The molecule has 1 N–H and O–H groups in total. The first kappa shape index (κ1) is 22.0. The molecule has 8 heteroatoms. The summed E-state index contributed by atoms with van der Waals surface area (Å²) >= 11 is 0. The Hall–Kier alpha value is -3.52. The first-order valence-electron chi connectivity index (χ1n) is 11.8. The number of aromatic nitrogens is 5. The molecule has 2 aliphatic rings. The highest BCUT2D eigenvalue weighted by Gasteiger charge is 2.65. The van der Waals surface area contributed by atoms with Crippen molar-refractivity contribution < 1.29 is 13.9 Å². The molecule has 0 unspecified atom stereocenters. The zero-order chi connectivity index (χ0) is 24.4. The number of fused-ring (bicyclic) bond motifs is 5. The highest BCUT2D eigenvalue weighted by Crippen LogP contribution is 2.69. The summed E-state index contributed by atoms with van der Waals surface area (Å²) < 4.78 is 30.7. The van der Waals surface area contributed by atoms with Gasteiger partial charge in [0.1, 0.15) is 11.6 Å². The minimum atomic E-state index is -0.646. The lowest BCUT2D eigenvalue weighted by molar-refractivity contribution is 0.243. The molecule has 35 heavy (non-hydrogen) atoms. The van der Waals surface area contributed by atoms with Crippen LogP contribution in [0.25, 0.3) is 22.5 Å². The van der Waals surface area contributed by atoms with E-state index in [2.05, 4.69) is 29.1 Å². The van der Waals surface area contributed by atoms with Gasteiger partial charge in [-0.05, 0) is 60.1 Å². The molecule has 2 aliphatic carbocycles. The quantitative estimate of drug-likeness (QED) is 0.447. The zero-order valence-electron chi connectivity index (χ0n) is 19.5. The monoisotopic (exact) mass is 473 g/mol. The summed E-state index contributed by atoms with van der Waals surface area (Å²) in [5.41, 5.74) is 3.85. The van der Waals surface area contributed by atoms with Crippen LogP contribution >= 0.6 is 0 Å². The van der Waals surface area contributed by atoms with Gasteiger partial charge in [-0.1, -0.05) is 26.0 Å². The van der Waals surface area contributed by atoms with E-state index in [4.69, 9.17) is 4.98 Å². The van der Waals surface area contributed by atoms with Gasteiger partial charge < -0.3 is 5.11 Å². The van der Waals surface area contributed by atoms with Crippen LogP contribution < -0.4 is 0 Å². The van der Waals surface area contributed by atoms with Gasteiger partial charge in [0.05, 0.1) is 53.1 Å². The topological polar surface area (TPSA) is 76.7 Å². The van der Waals surface area contributed by atoms with E-state index >= 15 is 0 Å². The minimum Gasteiger partial charge on any atom is -0.394 e. The Kier molecular flexibility index (Phi) is 4.86. The average molecular weight is 474 g/mol. The summed E-state index contributed by atoms with van der Waals surface area (Å²) in [6.07, 6.45) is 5.44. The smallest absolute Gasteiger partial charge is 0.135 e. The molecule has 1 fully saturated rings. The maximum atomic E-state index is 14.5. The number of hydrogen-bond donors (Lipinski definition) is 1. The van der Waals surface area contributed by atoms with E-state index < -0.39 is 17.0 Å². The number of rotatable bonds is 5. The van der Waals surface area contributed by atoms with Crippen molar-refractivity contribution in [1.82, 2.24) is 25.0 Å². The number of aliphatic hydroxyl groups is 1. The van der Waals surface area contributed by atoms with E-state index in [9.17, 15) is 13.9 Å². The van der Waals surface area contributed by atoms with Crippen molar-refractivity contribution in [3.63, 3.8) is 0 Å². The zero-order valence-corrected chi connectivity index (χ0v) is 19.5. The van der Waals surface area contributed by atoms with Crippen molar-refractivity contribution in [3.8, 4) is 22.5 Å². The van der Waals surface area contributed by atoms with Gasteiger partial charge in [0.2, 0.25) is 0 Å². The molecule has 6 nitrogen and oxygen atoms in total. The third kappa shape index (κ3) is 3.02. The lowest BCUT2D eigenvalue weighted by Crippen LogP contribution is -2.37. The second-order valence-corrected chi connectivity index (χ2v) is 9.97. The van der Waals surface area contributed by atoms with Gasteiger partial charge >= 0.3 is 0 Å². The third-order valence-corrected chi connectivity index (χ3v) is 8.05. The fourth-order valence-electron chi connectivity index (χ4n) is 6.31. The maximum absolute atomic E-state index is 14.5. The fraction of sp³-hybridized carbons (Fsp3) is 0.333. The van der Waals surface area contributed by atoms with Crippen LogP contribution in [0, 0.1) is 17.0 Å². The number of benzene rings is 1. The lowest BCUT2D eigenvalue weighted by atomic mass is 9.66. The van der Waals surface area contributed by atoms with Gasteiger partial charge in [0, 0.05) is 11.8 Å². The van der Waals surface area contributed by atoms with Crippen LogP contribution in [-0.2, 0) is 12.0 Å². The number of nitrogens with zero attached hydrogens (tertiary/aromatic N) is 5. The van der Waals surface area contributed by atoms with E-state index in [1.807, 2.05) is 30.5 Å². The lowest BCUT2D eigenvalue weighted by Gasteiger charge is -2.37. The van der Waals surface area contributed by atoms with E-state index in [0.29, 0.717) is 6.54 Å². The highest BCUT2D eigenvalue weighted by molar-refractivity contribution is 5.65. The molecule has 2 bridgehead atoms. The second kappa shape index (κ2) is 7.75. The summed E-state index contributed by atoms with van der Waals surface area (Å²) in [6, 6.07) is 11.6. The van der Waals surface area contributed by atoms with Gasteiger partial charge in [0.25, 0.3) is 0 Å². The molecule has 3 aromatic heterocycles. The van der Waals surface area contributed by atoms with E-state index in [1.54, 1.807) is 10.9 Å². The van der Waals surface area contributed by atoms with Crippen LogP contribution in [0.4, 0.5) is 8.78 Å². The Balaban J connectivity index is 1.48. The molecular formula is C27H25F2N5O. The Morgan fingerprint density at radius 2 is 1.83 bits per heavy atom.